The summed E-state index contributed by atoms with van der Waals surface area (Å²) in [5.41, 5.74) is 0. The Morgan fingerprint density at radius 2 is 1.83 bits per heavy atom. The van der Waals surface area contributed by atoms with Gasteiger partial charge in [-0.1, -0.05) is 26.7 Å². The summed E-state index contributed by atoms with van der Waals surface area (Å²) in [6.07, 6.45) is -1.09. The molecule has 24 heavy (non-hydrogen) atoms. The fourth-order valence-corrected chi connectivity index (χ4v) is 3.61. The van der Waals surface area contributed by atoms with Crippen molar-refractivity contribution in [2.75, 3.05) is 13.2 Å². The highest BCUT2D eigenvalue weighted by Gasteiger charge is 2.55. The Hall–Kier alpha value is -0.423. The minimum atomic E-state index is -1.85. The maximum absolute atomic E-state index is 6.32. The lowest BCUT2D eigenvalue weighted by Gasteiger charge is -2.37. The van der Waals surface area contributed by atoms with Crippen LogP contribution in [0.25, 0.3) is 0 Å². The van der Waals surface area contributed by atoms with Crippen molar-refractivity contribution < 1.29 is 23.4 Å². The summed E-state index contributed by atoms with van der Waals surface area (Å²) in [5, 5.41) is 0.153. The van der Waals surface area contributed by atoms with Gasteiger partial charge in [0.05, 0.1) is 6.61 Å². The molecule has 0 aromatic heterocycles. The van der Waals surface area contributed by atoms with Gasteiger partial charge in [0.1, 0.15) is 24.9 Å². The van der Waals surface area contributed by atoms with Crippen LogP contribution in [0.1, 0.15) is 41.5 Å². The topological polar surface area (TPSA) is 46.2 Å². The van der Waals surface area contributed by atoms with E-state index in [1.165, 1.54) is 0 Å². The summed E-state index contributed by atoms with van der Waals surface area (Å²) < 4.78 is 30.1. The van der Waals surface area contributed by atoms with Gasteiger partial charge in [0.2, 0.25) is 0 Å². The third kappa shape index (κ3) is 4.40. The van der Waals surface area contributed by atoms with E-state index < -0.39 is 20.4 Å². The van der Waals surface area contributed by atoms with Gasteiger partial charge in [0, 0.05) is 0 Å². The van der Waals surface area contributed by atoms with Crippen LogP contribution in [0.15, 0.2) is 0 Å². The predicted molar refractivity (Wildman–Crippen MR) is 95.0 cm³/mol. The SMILES string of the molecule is CC#CCO[C@@H]1[C@H]2OC(C)(C)O[C@H]2O[C@@H]1CO[Si](C)(C)C(C)(C)C. The first-order valence-electron chi connectivity index (χ1n) is 8.63. The first kappa shape index (κ1) is 19.9. The van der Waals surface area contributed by atoms with Crippen molar-refractivity contribution >= 4 is 8.32 Å². The zero-order chi connectivity index (χ0) is 18.2. The monoisotopic (exact) mass is 356 g/mol. The van der Waals surface area contributed by atoms with Gasteiger partial charge in [0.25, 0.3) is 0 Å². The van der Waals surface area contributed by atoms with E-state index in [1.54, 1.807) is 6.92 Å². The van der Waals surface area contributed by atoms with Gasteiger partial charge in [-0.05, 0) is 38.9 Å². The summed E-state index contributed by atoms with van der Waals surface area (Å²) in [6.45, 7) is 17.6. The smallest absolute Gasteiger partial charge is 0.192 e. The average molecular weight is 357 g/mol. The van der Waals surface area contributed by atoms with Crippen LogP contribution in [-0.2, 0) is 23.4 Å². The summed E-state index contributed by atoms with van der Waals surface area (Å²) in [4.78, 5) is 0. The molecule has 0 saturated carbocycles. The fourth-order valence-electron chi connectivity index (χ4n) is 2.60. The van der Waals surface area contributed by atoms with E-state index in [1.807, 2.05) is 13.8 Å². The summed E-state index contributed by atoms with van der Waals surface area (Å²) in [6, 6.07) is 0. The molecule has 0 amide bonds. The second kappa shape index (κ2) is 7.06. The van der Waals surface area contributed by atoms with E-state index in [0.717, 1.165) is 0 Å². The molecule has 0 aromatic rings. The lowest BCUT2D eigenvalue weighted by atomic mass is 10.1. The normalized spacial score (nSPS) is 32.3. The van der Waals surface area contributed by atoms with Crippen LogP contribution >= 0.6 is 0 Å². The highest BCUT2D eigenvalue weighted by atomic mass is 28.4. The summed E-state index contributed by atoms with van der Waals surface area (Å²) >= 11 is 0. The van der Waals surface area contributed by atoms with Crippen molar-refractivity contribution in [3.63, 3.8) is 0 Å². The van der Waals surface area contributed by atoms with Gasteiger partial charge in [-0.15, -0.1) is 5.92 Å². The molecule has 2 rings (SSSR count). The summed E-state index contributed by atoms with van der Waals surface area (Å²) in [7, 11) is -1.85. The minimum absolute atomic E-state index is 0.153. The van der Waals surface area contributed by atoms with Gasteiger partial charge < -0.3 is 23.4 Å². The molecular weight excluding hydrogens is 324 g/mol. The molecule has 138 valence electrons. The van der Waals surface area contributed by atoms with Crippen LogP contribution in [0.3, 0.4) is 0 Å². The molecule has 0 unspecified atom stereocenters. The van der Waals surface area contributed by atoms with Crippen molar-refractivity contribution in [2.24, 2.45) is 0 Å². The minimum Gasteiger partial charge on any atom is -0.414 e. The highest BCUT2D eigenvalue weighted by molar-refractivity contribution is 6.74. The second-order valence-corrected chi connectivity index (χ2v) is 13.2. The van der Waals surface area contributed by atoms with Gasteiger partial charge in [0.15, 0.2) is 20.4 Å². The lowest BCUT2D eigenvalue weighted by Crippen LogP contribution is -2.45. The largest absolute Gasteiger partial charge is 0.414 e. The predicted octanol–water partition coefficient (Wildman–Crippen LogP) is 3.29. The molecule has 0 N–H and O–H groups in total. The van der Waals surface area contributed by atoms with Crippen molar-refractivity contribution in [2.45, 2.75) is 90.1 Å². The van der Waals surface area contributed by atoms with Crippen molar-refractivity contribution in [3.8, 4) is 11.8 Å². The number of ether oxygens (including phenoxy) is 4. The van der Waals surface area contributed by atoms with Crippen LogP contribution in [0.5, 0.6) is 0 Å². The fraction of sp³-hybridized carbons (Fsp3) is 0.889. The Labute approximate surface area is 147 Å². The molecule has 4 atom stereocenters. The van der Waals surface area contributed by atoms with Gasteiger partial charge in [-0.2, -0.15) is 0 Å². The Balaban J connectivity index is 2.04. The van der Waals surface area contributed by atoms with Crippen LogP contribution in [0.2, 0.25) is 18.1 Å². The molecule has 2 aliphatic heterocycles. The number of fused-ring (bicyclic) bond motifs is 1. The Bertz CT molecular complexity index is 500. The molecular formula is C18H32O5Si. The van der Waals surface area contributed by atoms with Gasteiger partial charge in [-0.25, -0.2) is 0 Å². The Morgan fingerprint density at radius 1 is 1.17 bits per heavy atom. The molecule has 0 bridgehead atoms. The van der Waals surface area contributed by atoms with Crippen LogP contribution in [0, 0.1) is 11.8 Å². The highest BCUT2D eigenvalue weighted by Crippen LogP contribution is 2.40. The molecule has 0 radical (unpaired) electrons. The third-order valence-corrected chi connectivity index (χ3v) is 9.53. The number of hydrogen-bond donors (Lipinski definition) is 0. The maximum atomic E-state index is 6.32. The van der Waals surface area contributed by atoms with E-state index in [4.69, 9.17) is 23.4 Å². The molecule has 6 heteroatoms. The van der Waals surface area contributed by atoms with Crippen LogP contribution in [-0.4, -0.2) is 51.9 Å². The van der Waals surface area contributed by atoms with Crippen LogP contribution in [0.4, 0.5) is 0 Å². The van der Waals surface area contributed by atoms with Crippen molar-refractivity contribution in [1.82, 2.24) is 0 Å². The zero-order valence-electron chi connectivity index (χ0n) is 16.3. The second-order valence-electron chi connectivity index (χ2n) is 8.42. The molecule has 2 saturated heterocycles. The third-order valence-electron chi connectivity index (χ3n) is 5.03. The van der Waals surface area contributed by atoms with Gasteiger partial charge >= 0.3 is 0 Å². The van der Waals surface area contributed by atoms with E-state index in [0.29, 0.717) is 13.2 Å². The van der Waals surface area contributed by atoms with Crippen molar-refractivity contribution in [1.29, 1.82) is 0 Å². The van der Waals surface area contributed by atoms with E-state index >= 15 is 0 Å². The first-order chi connectivity index (χ1) is 11.0. The van der Waals surface area contributed by atoms with Crippen molar-refractivity contribution in [3.05, 3.63) is 0 Å². The average Bonchev–Trinajstić information content (AvgIpc) is 2.88. The zero-order valence-corrected chi connectivity index (χ0v) is 17.3. The molecule has 0 aliphatic carbocycles. The van der Waals surface area contributed by atoms with Crippen LogP contribution < -0.4 is 0 Å². The molecule has 2 fully saturated rings. The Kier molecular flexibility index (Phi) is 5.86. The Morgan fingerprint density at radius 3 is 2.42 bits per heavy atom. The maximum Gasteiger partial charge on any atom is 0.192 e. The quantitative estimate of drug-likeness (QED) is 0.559. The lowest BCUT2D eigenvalue weighted by molar-refractivity contribution is -0.220. The van der Waals surface area contributed by atoms with Gasteiger partial charge in [-0.3, -0.25) is 0 Å². The van der Waals surface area contributed by atoms with E-state index in [2.05, 4.69) is 45.7 Å². The van der Waals surface area contributed by atoms with E-state index in [9.17, 15) is 0 Å². The number of rotatable bonds is 5. The first-order valence-corrected chi connectivity index (χ1v) is 11.5. The molecule has 0 spiro atoms. The molecule has 5 nitrogen and oxygen atoms in total. The standard InChI is InChI=1S/C18H32O5Si/c1-9-10-11-19-14-13(12-20-24(7,8)17(2,3)4)21-16-15(14)22-18(5,6)23-16/h13-16H,11-12H2,1-8H3/t13-,14+,15-,16-/m1/s1. The number of hydrogen-bond acceptors (Lipinski definition) is 5. The molecule has 0 aromatic carbocycles. The van der Waals surface area contributed by atoms with E-state index in [-0.39, 0.29) is 23.4 Å². The molecule has 2 aliphatic rings. The summed E-state index contributed by atoms with van der Waals surface area (Å²) in [5.74, 6) is 5.13. The molecule has 2 heterocycles.